The van der Waals surface area contributed by atoms with Crippen LogP contribution in [0.2, 0.25) is 0 Å². The van der Waals surface area contributed by atoms with Gasteiger partial charge in [-0.1, -0.05) is 96.3 Å². The number of unbranched alkanes of at least 4 members (excludes halogenated alkanes) is 10. The van der Waals surface area contributed by atoms with Crippen LogP contribution in [0.15, 0.2) is 42.5 Å². The van der Waals surface area contributed by atoms with Crippen molar-refractivity contribution in [3.8, 4) is 0 Å². The Hall–Kier alpha value is -4.52. The maximum Gasteiger partial charge on any atom is 0.261 e. The average Bonchev–Trinajstić information content (AvgIpc) is 3.69. The van der Waals surface area contributed by atoms with E-state index in [0.29, 0.717) is 35.3 Å². The Balaban J connectivity index is 1.26. The van der Waals surface area contributed by atoms with Crippen LogP contribution in [-0.4, -0.2) is 59.6 Å². The molecule has 0 radical (unpaired) electrons. The second kappa shape index (κ2) is 13.9. The van der Waals surface area contributed by atoms with E-state index in [1.54, 1.807) is 0 Å². The summed E-state index contributed by atoms with van der Waals surface area (Å²) in [5.74, 6) is -0.863. The molecule has 264 valence electrons. The van der Waals surface area contributed by atoms with E-state index in [4.69, 9.17) is 0 Å². The van der Waals surface area contributed by atoms with Crippen LogP contribution in [0, 0.1) is 0 Å². The fraction of sp³-hybridized carbons (Fsp3) is 0.455. The summed E-state index contributed by atoms with van der Waals surface area (Å²) >= 11 is 0. The first kappa shape index (κ1) is 33.6. The van der Waals surface area contributed by atoms with Crippen molar-refractivity contribution >= 4 is 72.4 Å². The van der Waals surface area contributed by atoms with Gasteiger partial charge in [-0.15, -0.1) is 0 Å². The Labute approximate surface area is 300 Å². The number of amides is 4. The van der Waals surface area contributed by atoms with Crippen LogP contribution in [0.3, 0.4) is 0 Å². The van der Waals surface area contributed by atoms with Gasteiger partial charge in [-0.3, -0.25) is 29.0 Å². The van der Waals surface area contributed by atoms with Crippen LogP contribution in [0.4, 0.5) is 5.69 Å². The quantitative estimate of drug-likeness (QED) is 0.0475. The minimum absolute atomic E-state index is 0.206. The molecule has 1 fully saturated rings. The molecule has 5 aromatic rings. The number of carbonyl (C=O) groups is 4. The standard InChI is InChI=1S/C44H49N3O4/c1-3-5-7-9-11-13-25-46-41(48)31-20-17-28-29-18-21-33-38-34(44(51)47(43(33)50)26-14-12-10-8-6-4-2)27-35(45-23-15-16-24-45)39(40(29)38)30-19-22-32(42(46)49)37(31)36(28)30/h17-22,27H,3-16,23-26H2,1-2H3. The van der Waals surface area contributed by atoms with Crippen LogP contribution in [-0.2, 0) is 0 Å². The van der Waals surface area contributed by atoms with Gasteiger partial charge in [0.25, 0.3) is 23.6 Å². The number of hydrogen-bond acceptors (Lipinski definition) is 5. The number of anilines is 1. The summed E-state index contributed by atoms with van der Waals surface area (Å²) in [6, 6.07) is 13.8. The second-order valence-electron chi connectivity index (χ2n) is 15.1. The largest absolute Gasteiger partial charge is 0.371 e. The third kappa shape index (κ3) is 5.46. The molecule has 0 unspecified atom stereocenters. The van der Waals surface area contributed by atoms with Gasteiger partial charge in [0, 0.05) is 70.1 Å². The third-order valence-corrected chi connectivity index (χ3v) is 11.8. The zero-order chi connectivity index (χ0) is 35.2. The molecular weight excluding hydrogens is 635 g/mol. The van der Waals surface area contributed by atoms with Gasteiger partial charge in [0.15, 0.2) is 0 Å². The minimum Gasteiger partial charge on any atom is -0.371 e. The summed E-state index contributed by atoms with van der Waals surface area (Å²) in [5.41, 5.74) is 3.32. The third-order valence-electron chi connectivity index (χ3n) is 11.8. The maximum atomic E-state index is 14.3. The molecular formula is C44H49N3O4. The number of hydrogen-bond donors (Lipinski definition) is 0. The fourth-order valence-electron chi connectivity index (χ4n) is 9.16. The highest BCUT2D eigenvalue weighted by atomic mass is 16.2. The Morgan fingerprint density at radius 3 is 1.41 bits per heavy atom. The lowest BCUT2D eigenvalue weighted by molar-refractivity contribution is 0.0592. The Morgan fingerprint density at radius 1 is 0.451 bits per heavy atom. The molecule has 51 heavy (non-hydrogen) atoms. The topological polar surface area (TPSA) is 78.0 Å². The van der Waals surface area contributed by atoms with E-state index in [-0.39, 0.29) is 23.6 Å². The first-order valence-electron chi connectivity index (χ1n) is 19.7. The zero-order valence-corrected chi connectivity index (χ0v) is 30.2. The van der Waals surface area contributed by atoms with Gasteiger partial charge in [-0.2, -0.15) is 0 Å². The lowest BCUT2D eigenvalue weighted by Gasteiger charge is -2.32. The van der Waals surface area contributed by atoms with Crippen LogP contribution in [0.5, 0.6) is 0 Å². The molecule has 3 heterocycles. The lowest BCUT2D eigenvalue weighted by atomic mass is 9.81. The van der Waals surface area contributed by atoms with Crippen molar-refractivity contribution in [3.05, 3.63) is 64.7 Å². The van der Waals surface area contributed by atoms with Gasteiger partial charge in [0.1, 0.15) is 0 Å². The Bertz CT molecular complexity index is 2170. The van der Waals surface area contributed by atoms with E-state index >= 15 is 0 Å². The van der Waals surface area contributed by atoms with Crippen molar-refractivity contribution in [3.63, 3.8) is 0 Å². The molecule has 7 heteroatoms. The van der Waals surface area contributed by atoms with Gasteiger partial charge in [0.05, 0.1) is 5.56 Å². The molecule has 5 aromatic carbocycles. The van der Waals surface area contributed by atoms with Crippen molar-refractivity contribution in [2.75, 3.05) is 31.1 Å². The molecule has 4 amide bonds. The Kier molecular flexibility index (Phi) is 9.16. The molecule has 1 saturated heterocycles. The zero-order valence-electron chi connectivity index (χ0n) is 30.2. The molecule has 0 atom stereocenters. The van der Waals surface area contributed by atoms with E-state index in [2.05, 4.69) is 18.7 Å². The van der Waals surface area contributed by atoms with E-state index in [1.807, 2.05) is 42.5 Å². The molecule has 8 rings (SSSR count). The van der Waals surface area contributed by atoms with Crippen LogP contribution >= 0.6 is 0 Å². The Morgan fingerprint density at radius 2 is 0.882 bits per heavy atom. The fourth-order valence-corrected chi connectivity index (χ4v) is 9.16. The molecule has 0 N–H and O–H groups in total. The van der Waals surface area contributed by atoms with Gasteiger partial charge >= 0.3 is 0 Å². The summed E-state index contributed by atoms with van der Waals surface area (Å²) in [6.07, 6.45) is 15.2. The highest BCUT2D eigenvalue weighted by Gasteiger charge is 2.38. The van der Waals surface area contributed by atoms with E-state index in [0.717, 1.165) is 113 Å². The van der Waals surface area contributed by atoms with Crippen molar-refractivity contribution in [1.82, 2.24) is 9.80 Å². The molecule has 3 aliphatic heterocycles. The van der Waals surface area contributed by atoms with Crippen molar-refractivity contribution in [2.45, 2.75) is 104 Å². The van der Waals surface area contributed by atoms with Crippen LogP contribution in [0.25, 0.3) is 43.1 Å². The first-order valence-corrected chi connectivity index (χ1v) is 19.7. The second-order valence-corrected chi connectivity index (χ2v) is 15.1. The highest BCUT2D eigenvalue weighted by Crippen LogP contribution is 2.49. The molecule has 0 aliphatic carbocycles. The number of rotatable bonds is 15. The number of benzene rings is 5. The van der Waals surface area contributed by atoms with Crippen molar-refractivity contribution in [1.29, 1.82) is 0 Å². The van der Waals surface area contributed by atoms with E-state index < -0.39 is 0 Å². The summed E-state index contributed by atoms with van der Waals surface area (Å²) in [7, 11) is 0. The highest BCUT2D eigenvalue weighted by molar-refractivity contribution is 6.42. The maximum absolute atomic E-state index is 14.3. The summed E-state index contributed by atoms with van der Waals surface area (Å²) in [6.45, 7) is 7.04. The number of nitrogens with zero attached hydrogens (tertiary/aromatic N) is 3. The molecule has 3 aliphatic rings. The molecule has 0 spiro atoms. The van der Waals surface area contributed by atoms with Gasteiger partial charge in [-0.05, 0) is 71.5 Å². The van der Waals surface area contributed by atoms with Gasteiger partial charge in [-0.25, -0.2) is 0 Å². The number of fused-ring (bicyclic) bond motifs is 2. The average molecular weight is 684 g/mol. The predicted molar refractivity (Wildman–Crippen MR) is 207 cm³/mol. The monoisotopic (exact) mass is 683 g/mol. The molecule has 0 aromatic heterocycles. The molecule has 0 saturated carbocycles. The van der Waals surface area contributed by atoms with Crippen molar-refractivity contribution < 1.29 is 19.2 Å². The van der Waals surface area contributed by atoms with Crippen molar-refractivity contribution in [2.24, 2.45) is 0 Å². The summed E-state index contributed by atoms with van der Waals surface area (Å²) < 4.78 is 0. The predicted octanol–water partition coefficient (Wildman–Crippen LogP) is 10.3. The van der Waals surface area contributed by atoms with Gasteiger partial charge in [0.2, 0.25) is 0 Å². The lowest BCUT2D eigenvalue weighted by Crippen LogP contribution is -2.41. The molecule has 0 bridgehead atoms. The van der Waals surface area contributed by atoms with Crippen LogP contribution in [0.1, 0.15) is 145 Å². The summed E-state index contributed by atoms with van der Waals surface area (Å²) in [4.78, 5) is 61.7. The summed E-state index contributed by atoms with van der Waals surface area (Å²) in [5, 5.41) is 7.15. The van der Waals surface area contributed by atoms with Crippen LogP contribution < -0.4 is 4.90 Å². The first-order chi connectivity index (χ1) is 25.0. The number of imide groups is 2. The van der Waals surface area contributed by atoms with E-state index in [1.165, 1.54) is 48.3 Å². The SMILES string of the molecule is CCCCCCCCN1C(=O)c2ccc3c4ccc5c6c(cc(N7CCCC7)c(c7ccc(c2c37)C1=O)c64)C(=O)N(CCCCCCCC)C5=O. The molecule has 7 nitrogen and oxygen atoms in total. The number of carbonyl (C=O) groups excluding carboxylic acids is 4. The minimum atomic E-state index is -0.220. The van der Waals surface area contributed by atoms with E-state index in [9.17, 15) is 19.2 Å². The van der Waals surface area contributed by atoms with Gasteiger partial charge < -0.3 is 4.90 Å². The smallest absolute Gasteiger partial charge is 0.261 e. The normalized spacial score (nSPS) is 16.1.